The van der Waals surface area contributed by atoms with E-state index in [4.69, 9.17) is 0 Å². The number of carbonyl (C=O) groups excluding carboxylic acids is 2. The summed E-state index contributed by atoms with van der Waals surface area (Å²) in [4.78, 5) is 22.1. The zero-order chi connectivity index (χ0) is 15.6. The van der Waals surface area contributed by atoms with E-state index in [1.165, 1.54) is 14.0 Å². The molecule has 2 atom stereocenters. The van der Waals surface area contributed by atoms with Gasteiger partial charge in [-0.05, 0) is 6.92 Å². The lowest BCUT2D eigenvalue weighted by atomic mass is 10.1. The van der Waals surface area contributed by atoms with Crippen LogP contribution in [0.3, 0.4) is 0 Å². The SMILES string of the molecule is CC.CNC(=O)C(NC(C)=O)C(C)OCC(F)(F)F. The van der Waals surface area contributed by atoms with E-state index in [1.54, 1.807) is 0 Å². The predicted molar refractivity (Wildman–Crippen MR) is 64.5 cm³/mol. The van der Waals surface area contributed by atoms with E-state index in [1.807, 2.05) is 13.8 Å². The first kappa shape index (κ1) is 20.0. The molecule has 5 nitrogen and oxygen atoms in total. The van der Waals surface area contributed by atoms with Crippen LogP contribution in [0.1, 0.15) is 27.7 Å². The second-order valence-corrected chi connectivity index (χ2v) is 3.42. The average Bonchev–Trinajstić information content (AvgIpc) is 2.33. The Morgan fingerprint density at radius 3 is 2.05 bits per heavy atom. The summed E-state index contributed by atoms with van der Waals surface area (Å²) >= 11 is 0. The van der Waals surface area contributed by atoms with Crippen molar-refractivity contribution in [1.82, 2.24) is 10.6 Å². The minimum Gasteiger partial charge on any atom is -0.366 e. The average molecular weight is 286 g/mol. The zero-order valence-corrected chi connectivity index (χ0v) is 11.7. The maximum atomic E-state index is 11.9. The third-order valence-corrected chi connectivity index (χ3v) is 1.87. The van der Waals surface area contributed by atoms with Crippen LogP contribution in [0, 0.1) is 0 Å². The van der Waals surface area contributed by atoms with Gasteiger partial charge in [-0.15, -0.1) is 0 Å². The van der Waals surface area contributed by atoms with E-state index in [2.05, 4.69) is 15.4 Å². The van der Waals surface area contributed by atoms with Gasteiger partial charge in [0.2, 0.25) is 11.8 Å². The van der Waals surface area contributed by atoms with Gasteiger partial charge in [-0.1, -0.05) is 13.8 Å². The molecule has 114 valence electrons. The van der Waals surface area contributed by atoms with Crippen molar-refractivity contribution in [3.63, 3.8) is 0 Å². The molecule has 0 bridgehead atoms. The summed E-state index contributed by atoms with van der Waals surface area (Å²) in [7, 11) is 1.31. The Kier molecular flexibility index (Phi) is 10.1. The van der Waals surface area contributed by atoms with Crippen LogP contribution in [0.15, 0.2) is 0 Å². The lowest BCUT2D eigenvalue weighted by Crippen LogP contribution is -2.52. The molecule has 0 aromatic carbocycles. The molecular weight excluding hydrogens is 265 g/mol. The summed E-state index contributed by atoms with van der Waals surface area (Å²) in [6, 6.07) is -1.15. The smallest absolute Gasteiger partial charge is 0.366 e. The number of carbonyl (C=O) groups is 2. The molecule has 0 saturated carbocycles. The molecule has 0 spiro atoms. The van der Waals surface area contributed by atoms with Crippen LogP contribution in [0.5, 0.6) is 0 Å². The molecule has 19 heavy (non-hydrogen) atoms. The molecule has 0 aromatic rings. The predicted octanol–water partition coefficient (Wildman–Crippen LogP) is 1.23. The Bertz CT molecular complexity index is 283. The number of amides is 2. The van der Waals surface area contributed by atoms with Crippen molar-refractivity contribution < 1.29 is 27.5 Å². The molecular formula is C11H21F3N2O3. The third-order valence-electron chi connectivity index (χ3n) is 1.87. The van der Waals surface area contributed by atoms with Crippen LogP contribution >= 0.6 is 0 Å². The maximum Gasteiger partial charge on any atom is 0.411 e. The van der Waals surface area contributed by atoms with E-state index < -0.39 is 36.7 Å². The van der Waals surface area contributed by atoms with Crippen LogP contribution in [0.4, 0.5) is 13.2 Å². The minimum atomic E-state index is -4.47. The Labute approximate surface area is 110 Å². The summed E-state index contributed by atoms with van der Waals surface area (Å²) < 4.78 is 40.2. The topological polar surface area (TPSA) is 67.4 Å². The van der Waals surface area contributed by atoms with Crippen LogP contribution in [-0.2, 0) is 14.3 Å². The van der Waals surface area contributed by atoms with Gasteiger partial charge in [-0.25, -0.2) is 0 Å². The Hall–Kier alpha value is -1.31. The van der Waals surface area contributed by atoms with E-state index in [0.29, 0.717) is 0 Å². The number of ether oxygens (including phenoxy) is 1. The molecule has 2 amide bonds. The molecule has 2 N–H and O–H groups in total. The monoisotopic (exact) mass is 286 g/mol. The fourth-order valence-corrected chi connectivity index (χ4v) is 1.09. The van der Waals surface area contributed by atoms with Crippen LogP contribution in [0.2, 0.25) is 0 Å². The van der Waals surface area contributed by atoms with E-state index >= 15 is 0 Å². The Morgan fingerprint density at radius 1 is 1.26 bits per heavy atom. The molecule has 0 heterocycles. The number of alkyl halides is 3. The minimum absolute atomic E-state index is 0.527. The number of nitrogens with one attached hydrogen (secondary N) is 2. The highest BCUT2D eigenvalue weighted by Crippen LogP contribution is 2.16. The van der Waals surface area contributed by atoms with Gasteiger partial charge in [0.25, 0.3) is 0 Å². The van der Waals surface area contributed by atoms with Crippen LogP contribution in [-0.4, -0.2) is 43.8 Å². The van der Waals surface area contributed by atoms with Gasteiger partial charge in [0.05, 0.1) is 6.10 Å². The van der Waals surface area contributed by atoms with Gasteiger partial charge in [-0.2, -0.15) is 13.2 Å². The summed E-state index contributed by atoms with van der Waals surface area (Å²) in [5.74, 6) is -1.14. The highest BCUT2D eigenvalue weighted by molar-refractivity contribution is 5.87. The second kappa shape index (κ2) is 9.60. The Balaban J connectivity index is 0. The molecule has 0 aromatic heterocycles. The van der Waals surface area contributed by atoms with E-state index in [-0.39, 0.29) is 0 Å². The van der Waals surface area contributed by atoms with E-state index in [0.717, 1.165) is 6.92 Å². The maximum absolute atomic E-state index is 11.9. The van der Waals surface area contributed by atoms with Crippen molar-refractivity contribution in [2.75, 3.05) is 13.7 Å². The molecule has 0 saturated heterocycles. The van der Waals surface area contributed by atoms with Crippen molar-refractivity contribution in [3.05, 3.63) is 0 Å². The normalized spacial score (nSPS) is 13.7. The zero-order valence-electron chi connectivity index (χ0n) is 11.7. The van der Waals surface area contributed by atoms with Crippen molar-refractivity contribution in [1.29, 1.82) is 0 Å². The van der Waals surface area contributed by atoms with Crippen LogP contribution in [0.25, 0.3) is 0 Å². The molecule has 0 radical (unpaired) electrons. The fraction of sp³-hybridized carbons (Fsp3) is 0.818. The molecule has 0 rings (SSSR count). The summed E-state index contributed by atoms with van der Waals surface area (Å²) in [5.41, 5.74) is 0. The number of likely N-dealkylation sites (N-methyl/N-ethyl adjacent to an activating group) is 1. The first-order valence-corrected chi connectivity index (χ1v) is 5.84. The van der Waals surface area contributed by atoms with Crippen LogP contribution < -0.4 is 10.6 Å². The second-order valence-electron chi connectivity index (χ2n) is 3.42. The molecule has 0 aliphatic carbocycles. The molecule has 2 unspecified atom stereocenters. The van der Waals surface area contributed by atoms with Gasteiger partial charge in [0, 0.05) is 14.0 Å². The number of rotatable bonds is 5. The molecule has 0 aliphatic heterocycles. The quantitative estimate of drug-likeness (QED) is 0.799. The van der Waals surface area contributed by atoms with Gasteiger partial charge < -0.3 is 15.4 Å². The van der Waals surface area contributed by atoms with Gasteiger partial charge >= 0.3 is 6.18 Å². The van der Waals surface area contributed by atoms with E-state index in [9.17, 15) is 22.8 Å². The molecule has 8 heteroatoms. The van der Waals surface area contributed by atoms with Gasteiger partial charge in [0.1, 0.15) is 12.6 Å². The number of halogens is 3. The highest BCUT2D eigenvalue weighted by atomic mass is 19.4. The summed E-state index contributed by atoms with van der Waals surface area (Å²) in [6.45, 7) is 4.97. The van der Waals surface area contributed by atoms with Crippen molar-refractivity contribution in [2.45, 2.75) is 46.0 Å². The Morgan fingerprint density at radius 2 is 1.74 bits per heavy atom. The largest absolute Gasteiger partial charge is 0.411 e. The van der Waals surface area contributed by atoms with Crippen molar-refractivity contribution >= 4 is 11.8 Å². The first-order valence-electron chi connectivity index (χ1n) is 5.84. The molecule has 0 aliphatic rings. The number of hydrogen-bond donors (Lipinski definition) is 2. The molecule has 0 fully saturated rings. The fourth-order valence-electron chi connectivity index (χ4n) is 1.09. The lowest BCUT2D eigenvalue weighted by molar-refractivity contribution is -0.187. The standard InChI is InChI=1S/C9H15F3N2O3.C2H6/c1-5(17-4-9(10,11)12)7(8(16)13-3)14-6(2)15;1-2/h5,7H,4H2,1-3H3,(H,13,16)(H,14,15);1-2H3. The number of hydrogen-bond acceptors (Lipinski definition) is 3. The van der Waals surface area contributed by atoms with Crippen molar-refractivity contribution in [2.24, 2.45) is 0 Å². The summed E-state index contributed by atoms with van der Waals surface area (Å²) in [6.07, 6.45) is -5.56. The van der Waals surface area contributed by atoms with Gasteiger partial charge in [-0.3, -0.25) is 9.59 Å². The summed E-state index contributed by atoms with van der Waals surface area (Å²) in [5, 5.41) is 4.46. The highest BCUT2D eigenvalue weighted by Gasteiger charge is 2.32. The van der Waals surface area contributed by atoms with Crippen molar-refractivity contribution in [3.8, 4) is 0 Å². The first-order chi connectivity index (χ1) is 8.67. The van der Waals surface area contributed by atoms with Gasteiger partial charge in [0.15, 0.2) is 0 Å². The lowest BCUT2D eigenvalue weighted by Gasteiger charge is -2.23. The third kappa shape index (κ3) is 10.3.